The second kappa shape index (κ2) is 5.63. The maximum Gasteiger partial charge on any atom is 0.0638 e. The van der Waals surface area contributed by atoms with Crippen LogP contribution in [0.5, 0.6) is 0 Å². The number of para-hydroxylation sites is 1. The third-order valence-corrected chi connectivity index (χ3v) is 3.65. The van der Waals surface area contributed by atoms with Crippen LogP contribution in [0.15, 0.2) is 24.3 Å². The normalized spacial score (nSPS) is 20.1. The minimum Gasteiger partial charge on any atom is -0.368 e. The van der Waals surface area contributed by atoms with Gasteiger partial charge in [0.05, 0.1) is 12.5 Å². The molecule has 1 aromatic carbocycles. The Kier molecular flexibility index (Phi) is 4.11. The third kappa shape index (κ3) is 3.27. The first-order valence-electron chi connectivity index (χ1n) is 6.97. The van der Waals surface area contributed by atoms with E-state index in [4.69, 9.17) is 5.26 Å². The van der Waals surface area contributed by atoms with Crippen LogP contribution in [0.2, 0.25) is 0 Å². The zero-order chi connectivity index (χ0) is 13.9. The first kappa shape index (κ1) is 13.9. The molecule has 1 atom stereocenters. The molecular formula is C16H23N3. The SMILES string of the molecule is CC(C)(C)c1ccccc1N1CCNC(CC#N)C1. The summed E-state index contributed by atoms with van der Waals surface area (Å²) in [5, 5.41) is 12.3. The molecule has 19 heavy (non-hydrogen) atoms. The fraction of sp³-hybridized carbons (Fsp3) is 0.562. The highest BCUT2D eigenvalue weighted by atomic mass is 15.2. The van der Waals surface area contributed by atoms with Crippen molar-refractivity contribution in [3.05, 3.63) is 29.8 Å². The first-order valence-corrected chi connectivity index (χ1v) is 6.97. The molecule has 0 radical (unpaired) electrons. The lowest BCUT2D eigenvalue weighted by Gasteiger charge is -2.37. The van der Waals surface area contributed by atoms with Gasteiger partial charge in [-0.3, -0.25) is 0 Å². The van der Waals surface area contributed by atoms with E-state index < -0.39 is 0 Å². The Morgan fingerprint density at radius 2 is 2.11 bits per heavy atom. The molecule has 0 aliphatic carbocycles. The number of rotatable bonds is 2. The van der Waals surface area contributed by atoms with Crippen molar-refractivity contribution in [1.82, 2.24) is 5.32 Å². The van der Waals surface area contributed by atoms with Crippen molar-refractivity contribution < 1.29 is 0 Å². The predicted molar refractivity (Wildman–Crippen MR) is 79.4 cm³/mol. The van der Waals surface area contributed by atoms with Gasteiger partial charge in [0.1, 0.15) is 0 Å². The van der Waals surface area contributed by atoms with Crippen molar-refractivity contribution >= 4 is 5.69 Å². The third-order valence-electron chi connectivity index (χ3n) is 3.65. The van der Waals surface area contributed by atoms with Crippen molar-refractivity contribution in [2.24, 2.45) is 0 Å². The van der Waals surface area contributed by atoms with Gasteiger partial charge in [-0.25, -0.2) is 0 Å². The number of nitrogens with one attached hydrogen (secondary N) is 1. The summed E-state index contributed by atoms with van der Waals surface area (Å²) in [5.41, 5.74) is 2.85. The molecule has 1 aromatic rings. The largest absolute Gasteiger partial charge is 0.368 e. The van der Waals surface area contributed by atoms with Gasteiger partial charge in [-0.1, -0.05) is 39.0 Å². The van der Waals surface area contributed by atoms with Crippen LogP contribution in [-0.4, -0.2) is 25.7 Å². The van der Waals surface area contributed by atoms with E-state index in [0.717, 1.165) is 19.6 Å². The Morgan fingerprint density at radius 1 is 1.37 bits per heavy atom. The average molecular weight is 257 g/mol. The number of anilines is 1. The molecule has 1 aliphatic rings. The quantitative estimate of drug-likeness (QED) is 0.885. The molecule has 3 nitrogen and oxygen atoms in total. The number of hydrogen-bond acceptors (Lipinski definition) is 3. The van der Waals surface area contributed by atoms with E-state index in [1.807, 2.05) is 0 Å². The van der Waals surface area contributed by atoms with Crippen molar-refractivity contribution in [2.75, 3.05) is 24.5 Å². The van der Waals surface area contributed by atoms with Crippen LogP contribution in [0.25, 0.3) is 0 Å². The number of benzene rings is 1. The number of nitrogens with zero attached hydrogens (tertiary/aromatic N) is 2. The number of piperazine rings is 1. The van der Waals surface area contributed by atoms with E-state index in [9.17, 15) is 0 Å². The fourth-order valence-electron chi connectivity index (χ4n) is 2.67. The minimum absolute atomic E-state index is 0.145. The van der Waals surface area contributed by atoms with Crippen molar-refractivity contribution in [2.45, 2.75) is 38.6 Å². The molecule has 0 spiro atoms. The molecule has 2 rings (SSSR count). The lowest BCUT2D eigenvalue weighted by molar-refractivity contribution is 0.459. The van der Waals surface area contributed by atoms with E-state index in [0.29, 0.717) is 6.42 Å². The van der Waals surface area contributed by atoms with Crippen molar-refractivity contribution in [1.29, 1.82) is 5.26 Å². The molecule has 102 valence electrons. The molecule has 1 N–H and O–H groups in total. The molecule has 1 saturated heterocycles. The van der Waals surface area contributed by atoms with Crippen molar-refractivity contribution in [3.63, 3.8) is 0 Å². The van der Waals surface area contributed by atoms with Gasteiger partial charge in [0.2, 0.25) is 0 Å². The van der Waals surface area contributed by atoms with Gasteiger partial charge < -0.3 is 10.2 Å². The highest BCUT2D eigenvalue weighted by molar-refractivity contribution is 5.56. The summed E-state index contributed by atoms with van der Waals surface area (Å²) >= 11 is 0. The Morgan fingerprint density at radius 3 is 2.79 bits per heavy atom. The summed E-state index contributed by atoms with van der Waals surface area (Å²) in [6.45, 7) is 9.63. The smallest absolute Gasteiger partial charge is 0.0638 e. The molecule has 0 amide bonds. The summed E-state index contributed by atoms with van der Waals surface area (Å²) in [5.74, 6) is 0. The standard InChI is InChI=1S/C16H23N3/c1-16(2,3)14-6-4-5-7-15(14)19-11-10-18-13(12-19)8-9-17/h4-7,13,18H,8,10-12H2,1-3H3. The first-order chi connectivity index (χ1) is 9.02. The van der Waals surface area contributed by atoms with Crippen LogP contribution >= 0.6 is 0 Å². The number of hydrogen-bond donors (Lipinski definition) is 1. The van der Waals surface area contributed by atoms with E-state index in [2.05, 4.69) is 61.3 Å². The van der Waals surface area contributed by atoms with Gasteiger partial charge in [-0.2, -0.15) is 5.26 Å². The average Bonchev–Trinajstić information content (AvgIpc) is 2.38. The topological polar surface area (TPSA) is 39.1 Å². The van der Waals surface area contributed by atoms with Crippen LogP contribution < -0.4 is 10.2 Å². The molecule has 1 aliphatic heterocycles. The Balaban J connectivity index is 2.24. The van der Waals surface area contributed by atoms with E-state index in [1.165, 1.54) is 11.3 Å². The summed E-state index contributed by atoms with van der Waals surface area (Å²) in [6.07, 6.45) is 0.578. The van der Waals surface area contributed by atoms with Crippen molar-refractivity contribution in [3.8, 4) is 6.07 Å². The highest BCUT2D eigenvalue weighted by Crippen LogP contribution is 2.32. The molecule has 0 aromatic heterocycles. The molecule has 3 heteroatoms. The molecule has 1 fully saturated rings. The minimum atomic E-state index is 0.145. The lowest BCUT2D eigenvalue weighted by atomic mass is 9.85. The van der Waals surface area contributed by atoms with E-state index in [-0.39, 0.29) is 11.5 Å². The molecule has 1 unspecified atom stereocenters. The molecule has 1 heterocycles. The summed E-state index contributed by atoms with van der Waals surface area (Å²) in [6, 6.07) is 11.2. The summed E-state index contributed by atoms with van der Waals surface area (Å²) in [7, 11) is 0. The van der Waals surface area contributed by atoms with Gasteiger partial charge >= 0.3 is 0 Å². The van der Waals surface area contributed by atoms with Crippen LogP contribution in [0.4, 0.5) is 5.69 Å². The van der Waals surface area contributed by atoms with Crippen LogP contribution in [0.3, 0.4) is 0 Å². The summed E-state index contributed by atoms with van der Waals surface area (Å²) in [4.78, 5) is 2.42. The maximum absolute atomic E-state index is 8.85. The van der Waals surface area contributed by atoms with Gasteiger partial charge in [0.15, 0.2) is 0 Å². The second-order valence-corrected chi connectivity index (χ2v) is 6.23. The van der Waals surface area contributed by atoms with E-state index in [1.54, 1.807) is 0 Å². The summed E-state index contributed by atoms with van der Waals surface area (Å²) < 4.78 is 0. The van der Waals surface area contributed by atoms with Crippen LogP contribution in [0, 0.1) is 11.3 Å². The van der Waals surface area contributed by atoms with Gasteiger partial charge in [-0.05, 0) is 17.0 Å². The van der Waals surface area contributed by atoms with Crippen LogP contribution in [0.1, 0.15) is 32.8 Å². The second-order valence-electron chi connectivity index (χ2n) is 6.23. The molecule has 0 bridgehead atoms. The van der Waals surface area contributed by atoms with Gasteiger partial charge in [0.25, 0.3) is 0 Å². The monoisotopic (exact) mass is 257 g/mol. The number of nitriles is 1. The lowest BCUT2D eigenvalue weighted by Crippen LogP contribution is -2.51. The zero-order valence-electron chi connectivity index (χ0n) is 12.1. The zero-order valence-corrected chi connectivity index (χ0v) is 12.1. The van der Waals surface area contributed by atoms with Gasteiger partial charge in [-0.15, -0.1) is 0 Å². The Labute approximate surface area is 116 Å². The van der Waals surface area contributed by atoms with Gasteiger partial charge in [0, 0.05) is 31.4 Å². The highest BCUT2D eigenvalue weighted by Gasteiger charge is 2.24. The predicted octanol–water partition coefficient (Wildman–Crippen LogP) is 2.68. The Hall–Kier alpha value is -1.53. The van der Waals surface area contributed by atoms with E-state index >= 15 is 0 Å². The maximum atomic E-state index is 8.85. The molecule has 0 saturated carbocycles. The van der Waals surface area contributed by atoms with Crippen LogP contribution in [-0.2, 0) is 5.41 Å². The molecular weight excluding hydrogens is 234 g/mol. The Bertz CT molecular complexity index is 468. The fourth-order valence-corrected chi connectivity index (χ4v) is 2.67.